The molecule has 2 heterocycles. The van der Waals surface area contributed by atoms with Crippen molar-refractivity contribution < 1.29 is 77.1 Å². The van der Waals surface area contributed by atoms with Crippen LogP contribution in [0.5, 0.6) is 0 Å². The Morgan fingerprint density at radius 2 is 0.870 bits per heavy atom. The summed E-state index contributed by atoms with van der Waals surface area (Å²) < 4.78 is 42.0. The number of ketones is 4. The van der Waals surface area contributed by atoms with Crippen molar-refractivity contribution in [3.8, 4) is 0 Å². The zero-order valence-electron chi connectivity index (χ0n) is 89.9. The van der Waals surface area contributed by atoms with E-state index < -0.39 is 31.3 Å². The van der Waals surface area contributed by atoms with Crippen LogP contribution >= 0.6 is 0 Å². The zero-order valence-corrected chi connectivity index (χ0v) is 91.5. The second kappa shape index (κ2) is 68.0. The molecule has 2 aliphatic heterocycles. The lowest BCUT2D eigenvalue weighted by molar-refractivity contribution is -0.129. The second-order valence-corrected chi connectivity index (χ2v) is 49.3. The van der Waals surface area contributed by atoms with Gasteiger partial charge < -0.3 is 115 Å². The van der Waals surface area contributed by atoms with E-state index in [9.17, 15) is 46.8 Å². The van der Waals surface area contributed by atoms with Crippen molar-refractivity contribution >= 4 is 54.6 Å². The quantitative estimate of drug-likeness (QED) is 0.0154. The number of allylic oxidation sites excluding steroid dienone is 5. The van der Waals surface area contributed by atoms with Gasteiger partial charge in [0.1, 0.15) is 23.1 Å². The van der Waals surface area contributed by atoms with Crippen LogP contribution in [0.25, 0.3) is 0 Å². The fraction of sp³-hybridized carbons (Fsp3) is 0.808. The number of piperazine rings is 1. The Bertz CT molecular complexity index is 3770. The maximum absolute atomic E-state index is 11.6. The van der Waals surface area contributed by atoms with E-state index >= 15 is 0 Å². The van der Waals surface area contributed by atoms with Crippen molar-refractivity contribution in [1.82, 2.24) is 18.8 Å². The summed E-state index contributed by atoms with van der Waals surface area (Å²) in [5.74, 6) is 8.40. The van der Waals surface area contributed by atoms with E-state index in [0.29, 0.717) is 188 Å². The molecule has 7 saturated carbocycles. The Morgan fingerprint density at radius 3 is 1.18 bits per heavy atom. The van der Waals surface area contributed by atoms with E-state index in [2.05, 4.69) is 89.8 Å². The van der Waals surface area contributed by atoms with E-state index in [1.807, 2.05) is 52.8 Å². The first-order chi connectivity index (χ1) is 63.4. The normalized spacial score (nSPS) is 23.0. The number of amides is 1. The minimum atomic E-state index is -2.97. The number of nitrogens with zero attached hydrogens (tertiary/aromatic N) is 3. The van der Waals surface area contributed by atoms with Crippen molar-refractivity contribution in [2.45, 2.75) is 314 Å². The van der Waals surface area contributed by atoms with Gasteiger partial charge >= 0.3 is 0 Å². The highest BCUT2D eigenvalue weighted by Gasteiger charge is 2.54. The summed E-state index contributed by atoms with van der Waals surface area (Å²) in [5, 5.41) is 66.1. The molecule has 0 aromatic heterocycles. The third kappa shape index (κ3) is 62.3. The van der Waals surface area contributed by atoms with Crippen LogP contribution in [0.4, 0.5) is 0 Å². The number of hydrogen-bond donors (Lipinski definition) is 20. The van der Waals surface area contributed by atoms with Gasteiger partial charge in [-0.2, -0.15) is 0 Å². The summed E-state index contributed by atoms with van der Waals surface area (Å²) in [6.45, 7) is 67.1. The SMILES string of the molecule is C=C(CC(C)(C)CN)C(C)O.C=C(CO)CC(C)(C)CN.C=C(O)C12CCC(N)(CC1)C2.C=C(O)C12CCC(N)(CC1)CC2.C=C(O)C1CC(CN)C1.C=C(O)C1CCC(CN)CC1.C=C(O)CCC(=O)CC(C)(C)CN.C=S(C)(=O)N1CCN(CCN)CC1.CC(=O)CCNC(=O)C(C)(C)CN.CCCC(=O)CC(C)(C)CN.COCCC(=O)CC(C)(C)CN.CS(=O)(=O)N1CCC(CN)CC1. The van der Waals surface area contributed by atoms with Gasteiger partial charge in [0.25, 0.3) is 0 Å². The van der Waals surface area contributed by atoms with Gasteiger partial charge in [0.05, 0.1) is 59.8 Å². The van der Waals surface area contributed by atoms with Crippen LogP contribution in [0, 0.1) is 72.9 Å². The van der Waals surface area contributed by atoms with Crippen molar-refractivity contribution in [3.63, 3.8) is 0 Å². The molecule has 0 spiro atoms. The van der Waals surface area contributed by atoms with Crippen LogP contribution in [0.15, 0.2) is 86.0 Å². The number of fused-ring (bicyclic) bond motifs is 5. The molecule has 138 heavy (non-hydrogen) atoms. The topological polar surface area (TPSA) is 621 Å². The number of nitrogens with two attached hydrogens (primary N) is 12. The predicted molar refractivity (Wildman–Crippen MR) is 576 cm³/mol. The van der Waals surface area contributed by atoms with Gasteiger partial charge in [-0.3, -0.25) is 33.1 Å². The molecule has 34 heteroatoms. The number of ether oxygens (including phenoxy) is 1. The van der Waals surface area contributed by atoms with Gasteiger partial charge in [-0.15, -0.1) is 0 Å². The standard InChI is InChI=1S/C10H19NO2.C10H17NO.C9H18N2O2.C9H19NO2.C9H15NO.C9H17NO.2C9H19NO.C8H19N3OS.C8H17NO.C7H16N2O2S.C7H13NO/c1-8(12)4-5-9(13)6-10(2,3)7-11;1-8(12)9-2-5-10(11,6-3-9)7-4-9;1-7(12)4-5-11-8(13)9(2,3)6-10;1-9(2,7-10)6-8(11)4-5-12-3;1-7(11)8-2-4-9(10,6-8)5-3-8;1-7(11)9-4-2-8(6-10)3-5-9;1-7(8(2)11)5-9(3,4)6-10;1-4-5-8(11)6-9(2,3)7-10;1-13(2,12)11-7-5-10(4-3-9)6-8-11;1-7(5-10)4-8(2,3)6-9;1-12(10,11)9-4-2-7(6-8)3-5-9;1-5(9)7-2-6(3-7)4-8/h12H,1,4-7,11H2,2-3H3;12H,1-7,11H2;4-6,10H2,1-3H3,(H,11,13);4-7,10H2,1-3H3;11H,1-6,10H2;8-9,11H,1-6,10H2;8,11H,1,5-6,10H2,2-4H3;4-7,10H2,1-3H3;1,3-9H2,2H3;10H,1,4-6,9H2,2-3H3;7H,2-6,8H2,1H3;6-7,9H,1-4,8H2. The molecule has 812 valence electrons. The predicted octanol–water partition coefficient (Wildman–Crippen LogP) is 11.9. The van der Waals surface area contributed by atoms with Gasteiger partial charge in [0, 0.05) is 174 Å². The zero-order chi connectivity index (χ0) is 108. The minimum Gasteiger partial charge on any atom is -0.513 e. The van der Waals surface area contributed by atoms with Crippen molar-refractivity contribution in [2.75, 3.05) is 151 Å². The fourth-order valence-corrected chi connectivity index (χ4v) is 18.2. The molecular weight excluding hydrogens is 1790 g/mol. The van der Waals surface area contributed by atoms with Crippen LogP contribution < -0.4 is 74.1 Å². The number of hydrogen-bond acceptors (Lipinski definition) is 29. The van der Waals surface area contributed by atoms with Crippen LogP contribution in [0.1, 0.15) is 296 Å². The Balaban J connectivity index is -0.000000710. The van der Waals surface area contributed by atoms with Crippen molar-refractivity contribution in [3.05, 3.63) is 86.0 Å². The molecule has 2 unspecified atom stereocenters. The lowest BCUT2D eigenvalue weighted by Gasteiger charge is -2.51. The van der Waals surface area contributed by atoms with Crippen molar-refractivity contribution in [1.29, 1.82) is 0 Å². The number of methoxy groups -OCH3 is 1. The highest BCUT2D eigenvalue weighted by molar-refractivity contribution is 7.97. The molecule has 32 N–H and O–H groups in total. The van der Waals surface area contributed by atoms with Gasteiger partial charge in [0.15, 0.2) is 0 Å². The number of piperidine rings is 1. The van der Waals surface area contributed by atoms with Crippen LogP contribution in [-0.4, -0.2) is 265 Å². The number of aliphatic hydroxyl groups excluding tert-OH is 7. The van der Waals surface area contributed by atoms with Gasteiger partial charge in [-0.25, -0.2) is 17.0 Å². The molecule has 0 aromatic carbocycles. The van der Waals surface area contributed by atoms with Gasteiger partial charge in [-0.1, -0.05) is 128 Å². The van der Waals surface area contributed by atoms with E-state index in [-0.39, 0.29) is 84.6 Å². The number of Topliss-reactive ketones (excluding diaryl/α,β-unsaturated/α-hetero) is 4. The average molecular weight is 2000 g/mol. The number of carbonyl (C=O) groups is 5. The first-order valence-corrected chi connectivity index (χ1v) is 54.0. The summed E-state index contributed by atoms with van der Waals surface area (Å²) >= 11 is 0. The number of sulfonamides is 1. The summed E-state index contributed by atoms with van der Waals surface area (Å²) in [6.07, 6.45) is 28.8. The molecule has 32 nitrogen and oxygen atoms in total. The molecule has 9 rings (SSSR count). The monoisotopic (exact) mass is 2000 g/mol. The van der Waals surface area contributed by atoms with E-state index in [0.717, 1.165) is 198 Å². The molecular formula is C104H208N16O16S2. The molecule has 1 amide bonds. The summed E-state index contributed by atoms with van der Waals surface area (Å²) in [6, 6.07) is 0. The number of rotatable bonds is 41. The smallest absolute Gasteiger partial charge is 0.226 e. The maximum Gasteiger partial charge on any atom is 0.226 e. The number of carbonyl (C=O) groups excluding carboxylic acids is 5. The van der Waals surface area contributed by atoms with Crippen LogP contribution in [0.2, 0.25) is 0 Å². The fourth-order valence-electron chi connectivity index (χ4n) is 16.4. The summed E-state index contributed by atoms with van der Waals surface area (Å²) in [7, 11) is -3.36. The number of nitrogens with one attached hydrogen (secondary N) is 1. The average Bonchev–Trinajstić information content (AvgIpc) is 1.49. The molecule has 4 bridgehead atoms. The number of aliphatic hydroxyl groups is 7. The first-order valence-electron chi connectivity index (χ1n) is 50.1. The Kier molecular flexibility index (Phi) is 68.5. The summed E-state index contributed by atoms with van der Waals surface area (Å²) in [5.41, 5.74) is 68.3. The first kappa shape index (κ1) is 139. The lowest BCUT2D eigenvalue weighted by Crippen LogP contribution is -2.52. The molecule has 2 saturated heterocycles. The van der Waals surface area contributed by atoms with Crippen LogP contribution in [-0.2, 0) is 48.4 Å². The third-order valence-electron chi connectivity index (χ3n) is 27.5. The minimum absolute atomic E-state index is 0.00769. The highest BCUT2D eigenvalue weighted by atomic mass is 32.2. The molecule has 7 aliphatic carbocycles. The Morgan fingerprint density at radius 1 is 0.486 bits per heavy atom. The largest absolute Gasteiger partial charge is 0.513 e. The van der Waals surface area contributed by atoms with E-state index in [1.165, 1.54) is 17.5 Å². The van der Waals surface area contributed by atoms with Gasteiger partial charge in [-0.05, 0) is 278 Å². The highest BCUT2D eigenvalue weighted by Crippen LogP contribution is 2.58. The van der Waals surface area contributed by atoms with Gasteiger partial charge in [0.2, 0.25) is 15.9 Å². The maximum atomic E-state index is 11.6. The molecule has 9 aliphatic rings. The van der Waals surface area contributed by atoms with E-state index in [4.69, 9.17) is 99.1 Å². The molecule has 0 radical (unpaired) electrons. The summed E-state index contributed by atoms with van der Waals surface area (Å²) in [4.78, 5) is 58.0. The van der Waals surface area contributed by atoms with Crippen LogP contribution in [0.3, 0.4) is 0 Å². The molecule has 0 aromatic rings. The Labute approximate surface area is 837 Å². The second-order valence-electron chi connectivity index (χ2n) is 44.9. The van der Waals surface area contributed by atoms with Crippen molar-refractivity contribution in [2.24, 2.45) is 142 Å². The molecule has 9 fully saturated rings. The lowest BCUT2D eigenvalue weighted by atomic mass is 9.57. The van der Waals surface area contributed by atoms with E-state index in [1.54, 1.807) is 34.1 Å². The molecule has 2 atom stereocenters. The Hall–Kier alpha value is -5.42. The third-order valence-corrected chi connectivity index (χ3v) is 30.3.